The molecule has 2 aromatic rings. The third-order valence-corrected chi connectivity index (χ3v) is 5.85. The maximum absolute atomic E-state index is 12.5. The molecule has 116 valence electrons. The van der Waals surface area contributed by atoms with E-state index < -0.39 is 10.0 Å². The van der Waals surface area contributed by atoms with E-state index in [1.807, 2.05) is 43.3 Å². The first kappa shape index (κ1) is 15.1. The highest BCUT2D eigenvalue weighted by molar-refractivity contribution is 7.89. The van der Waals surface area contributed by atoms with Gasteiger partial charge in [-0.15, -0.1) is 0 Å². The zero-order chi connectivity index (χ0) is 15.7. The molecular formula is C17H19NO3S. The van der Waals surface area contributed by atoms with Gasteiger partial charge in [-0.1, -0.05) is 29.8 Å². The molecule has 0 spiro atoms. The van der Waals surface area contributed by atoms with Gasteiger partial charge in [-0.25, -0.2) is 8.42 Å². The number of ether oxygens (including phenoxy) is 1. The van der Waals surface area contributed by atoms with Gasteiger partial charge in [0.2, 0.25) is 10.0 Å². The molecule has 1 heterocycles. The number of methoxy groups -OCH3 is 1. The molecule has 0 saturated carbocycles. The minimum atomic E-state index is -3.36. The lowest BCUT2D eigenvalue weighted by molar-refractivity contribution is 0.414. The van der Waals surface area contributed by atoms with Crippen molar-refractivity contribution in [2.75, 3.05) is 13.7 Å². The standard InChI is InChI=1S/C17H19NO3S/c1-13-3-9-17(10-4-13)22(19,20)18-12-15(18)11-14-5-7-16(21-2)8-6-14/h3-10,15H,11-12H2,1-2H3. The fourth-order valence-corrected chi connectivity index (χ4v) is 4.09. The van der Waals surface area contributed by atoms with E-state index in [1.54, 1.807) is 23.5 Å². The van der Waals surface area contributed by atoms with E-state index in [0.29, 0.717) is 11.4 Å². The van der Waals surface area contributed by atoms with Crippen molar-refractivity contribution in [2.24, 2.45) is 0 Å². The van der Waals surface area contributed by atoms with Crippen LogP contribution in [0.5, 0.6) is 5.75 Å². The van der Waals surface area contributed by atoms with Crippen molar-refractivity contribution in [3.63, 3.8) is 0 Å². The largest absolute Gasteiger partial charge is 0.497 e. The first-order valence-corrected chi connectivity index (χ1v) is 8.66. The second kappa shape index (κ2) is 5.74. The van der Waals surface area contributed by atoms with E-state index in [2.05, 4.69) is 0 Å². The van der Waals surface area contributed by atoms with Gasteiger partial charge in [0.15, 0.2) is 0 Å². The maximum atomic E-state index is 12.5. The summed E-state index contributed by atoms with van der Waals surface area (Å²) < 4.78 is 31.7. The highest BCUT2D eigenvalue weighted by Crippen LogP contribution is 2.31. The summed E-state index contributed by atoms with van der Waals surface area (Å²) in [7, 11) is -1.73. The Morgan fingerprint density at radius 2 is 1.73 bits per heavy atom. The minimum Gasteiger partial charge on any atom is -0.497 e. The Labute approximate surface area is 131 Å². The van der Waals surface area contributed by atoms with Crippen LogP contribution in [0, 0.1) is 6.92 Å². The molecule has 1 aliphatic heterocycles. The van der Waals surface area contributed by atoms with Crippen LogP contribution >= 0.6 is 0 Å². The first-order chi connectivity index (χ1) is 10.5. The number of rotatable bonds is 5. The second-order valence-electron chi connectivity index (χ2n) is 5.59. The third kappa shape index (κ3) is 3.00. The summed E-state index contributed by atoms with van der Waals surface area (Å²) in [4.78, 5) is 0.371. The summed E-state index contributed by atoms with van der Waals surface area (Å²) in [5.74, 6) is 0.809. The van der Waals surface area contributed by atoms with Gasteiger partial charge in [-0.3, -0.25) is 0 Å². The van der Waals surface area contributed by atoms with Crippen molar-refractivity contribution in [3.05, 3.63) is 59.7 Å². The molecule has 4 nitrogen and oxygen atoms in total. The van der Waals surface area contributed by atoms with E-state index in [4.69, 9.17) is 4.74 Å². The quantitative estimate of drug-likeness (QED) is 0.796. The smallest absolute Gasteiger partial charge is 0.243 e. The van der Waals surface area contributed by atoms with Gasteiger partial charge < -0.3 is 4.74 Å². The lowest BCUT2D eigenvalue weighted by Crippen LogP contribution is -2.15. The normalized spacial score (nSPS) is 20.6. The van der Waals surface area contributed by atoms with Gasteiger partial charge in [0.25, 0.3) is 0 Å². The Bertz CT molecular complexity index is 751. The molecule has 1 aliphatic rings. The first-order valence-electron chi connectivity index (χ1n) is 7.22. The SMILES string of the molecule is COc1ccc(CC2CN2S(=O)(=O)c2ccc(C)cc2)cc1. The number of benzene rings is 2. The summed E-state index contributed by atoms with van der Waals surface area (Å²) in [6, 6.07) is 14.8. The van der Waals surface area contributed by atoms with Crippen molar-refractivity contribution < 1.29 is 13.2 Å². The molecule has 2 unspecified atom stereocenters. The Morgan fingerprint density at radius 3 is 2.32 bits per heavy atom. The predicted molar refractivity (Wildman–Crippen MR) is 85.6 cm³/mol. The summed E-state index contributed by atoms with van der Waals surface area (Å²) in [6.07, 6.45) is 0.731. The van der Waals surface area contributed by atoms with E-state index in [1.165, 1.54) is 0 Å². The van der Waals surface area contributed by atoms with Gasteiger partial charge in [0.1, 0.15) is 5.75 Å². The molecule has 0 aromatic heterocycles. The minimum absolute atomic E-state index is 0.0553. The fraction of sp³-hybridized carbons (Fsp3) is 0.294. The Hall–Kier alpha value is -1.85. The number of nitrogens with zero attached hydrogens (tertiary/aromatic N) is 1. The highest BCUT2D eigenvalue weighted by Gasteiger charge is 2.44. The van der Waals surface area contributed by atoms with E-state index >= 15 is 0 Å². The molecule has 0 N–H and O–H groups in total. The average Bonchev–Trinajstić information content (AvgIpc) is 3.28. The lowest BCUT2D eigenvalue weighted by atomic mass is 10.1. The molecule has 1 fully saturated rings. The predicted octanol–water partition coefficient (Wildman–Crippen LogP) is 2.62. The van der Waals surface area contributed by atoms with Crippen molar-refractivity contribution in [1.82, 2.24) is 4.31 Å². The second-order valence-corrected chi connectivity index (χ2v) is 7.48. The van der Waals surface area contributed by atoms with Crippen molar-refractivity contribution in [3.8, 4) is 5.75 Å². The Morgan fingerprint density at radius 1 is 1.09 bits per heavy atom. The number of hydrogen-bond donors (Lipinski definition) is 0. The highest BCUT2D eigenvalue weighted by atomic mass is 32.2. The van der Waals surface area contributed by atoms with Crippen LogP contribution < -0.4 is 4.74 Å². The molecule has 5 heteroatoms. The number of sulfonamides is 1. The van der Waals surface area contributed by atoms with Gasteiger partial charge in [-0.2, -0.15) is 4.31 Å². The maximum Gasteiger partial charge on any atom is 0.243 e. The molecule has 3 rings (SSSR count). The Kier molecular flexibility index (Phi) is 3.93. The Balaban J connectivity index is 1.69. The molecule has 2 aromatic carbocycles. The average molecular weight is 317 g/mol. The topological polar surface area (TPSA) is 46.4 Å². The van der Waals surface area contributed by atoms with E-state index in [-0.39, 0.29) is 6.04 Å². The van der Waals surface area contributed by atoms with Crippen LogP contribution in [0.2, 0.25) is 0 Å². The third-order valence-electron chi connectivity index (χ3n) is 3.92. The fourth-order valence-electron chi connectivity index (χ4n) is 2.50. The van der Waals surface area contributed by atoms with Gasteiger partial charge in [-0.05, 0) is 43.2 Å². The summed E-state index contributed by atoms with van der Waals surface area (Å²) >= 11 is 0. The molecule has 2 atom stereocenters. The molecular weight excluding hydrogens is 298 g/mol. The number of aryl methyl sites for hydroxylation is 1. The van der Waals surface area contributed by atoms with Crippen molar-refractivity contribution in [2.45, 2.75) is 24.3 Å². The molecule has 0 aliphatic carbocycles. The van der Waals surface area contributed by atoms with Crippen molar-refractivity contribution >= 4 is 10.0 Å². The summed E-state index contributed by atoms with van der Waals surface area (Å²) in [5, 5.41) is 0. The monoisotopic (exact) mass is 317 g/mol. The van der Waals surface area contributed by atoms with Crippen LogP contribution in [0.4, 0.5) is 0 Å². The van der Waals surface area contributed by atoms with E-state index in [9.17, 15) is 8.42 Å². The van der Waals surface area contributed by atoms with Crippen LogP contribution in [0.15, 0.2) is 53.4 Å². The van der Waals surface area contributed by atoms with E-state index in [0.717, 1.165) is 23.3 Å². The van der Waals surface area contributed by atoms with Crippen LogP contribution in [-0.2, 0) is 16.4 Å². The van der Waals surface area contributed by atoms with Gasteiger partial charge in [0.05, 0.1) is 12.0 Å². The zero-order valence-electron chi connectivity index (χ0n) is 12.7. The van der Waals surface area contributed by atoms with Gasteiger partial charge in [0, 0.05) is 12.6 Å². The lowest BCUT2D eigenvalue weighted by Gasteiger charge is -2.07. The van der Waals surface area contributed by atoms with Crippen LogP contribution in [0.3, 0.4) is 0 Å². The zero-order valence-corrected chi connectivity index (χ0v) is 13.5. The summed E-state index contributed by atoms with van der Waals surface area (Å²) in [5.41, 5.74) is 2.17. The van der Waals surface area contributed by atoms with Gasteiger partial charge >= 0.3 is 0 Å². The molecule has 0 amide bonds. The van der Waals surface area contributed by atoms with Crippen LogP contribution in [-0.4, -0.2) is 32.4 Å². The summed E-state index contributed by atoms with van der Waals surface area (Å²) in [6.45, 7) is 2.53. The van der Waals surface area contributed by atoms with Crippen LogP contribution in [0.25, 0.3) is 0 Å². The molecule has 22 heavy (non-hydrogen) atoms. The molecule has 1 saturated heterocycles. The number of hydrogen-bond acceptors (Lipinski definition) is 3. The molecule has 0 bridgehead atoms. The van der Waals surface area contributed by atoms with Crippen molar-refractivity contribution in [1.29, 1.82) is 0 Å². The molecule has 0 radical (unpaired) electrons. The van der Waals surface area contributed by atoms with Crippen LogP contribution in [0.1, 0.15) is 11.1 Å².